The number of carbonyl (C=O) groups excluding carboxylic acids is 1. The van der Waals surface area contributed by atoms with E-state index < -0.39 is 0 Å². The predicted octanol–water partition coefficient (Wildman–Crippen LogP) is 3.15. The Morgan fingerprint density at radius 2 is 2.14 bits per heavy atom. The number of rotatable bonds is 4. The topological polar surface area (TPSA) is 17.1 Å². The molecular weight excluding hydrogens is 172 g/mol. The van der Waals surface area contributed by atoms with E-state index in [0.29, 0.717) is 0 Å². The molecule has 0 saturated carbocycles. The van der Waals surface area contributed by atoms with Crippen LogP contribution >= 0.6 is 0 Å². The van der Waals surface area contributed by atoms with Crippen molar-refractivity contribution < 1.29 is 4.79 Å². The van der Waals surface area contributed by atoms with Crippen molar-refractivity contribution in [2.24, 2.45) is 5.41 Å². The Balaban J connectivity index is 2.82. The lowest BCUT2D eigenvalue weighted by molar-refractivity contribution is -0.115. The van der Waals surface area contributed by atoms with Crippen LogP contribution in [-0.4, -0.2) is 6.29 Å². The lowest BCUT2D eigenvalue weighted by Gasteiger charge is -2.20. The van der Waals surface area contributed by atoms with Gasteiger partial charge in [0, 0.05) is 5.41 Å². The molecule has 0 aliphatic rings. The summed E-state index contributed by atoms with van der Waals surface area (Å²) >= 11 is 0. The SMILES string of the molecule is CCC(C)(C=O)Cc1cccc(C)c1. The molecule has 0 heterocycles. The Kier molecular flexibility index (Phi) is 3.45. The fraction of sp³-hybridized carbons (Fsp3) is 0.462. The standard InChI is InChI=1S/C13H18O/c1-4-13(3,10-14)9-12-7-5-6-11(2)8-12/h5-8,10H,4,9H2,1-3H3. The van der Waals surface area contributed by atoms with Crippen molar-refractivity contribution in [3.05, 3.63) is 35.4 Å². The predicted molar refractivity (Wildman–Crippen MR) is 59.3 cm³/mol. The highest BCUT2D eigenvalue weighted by Gasteiger charge is 2.21. The van der Waals surface area contributed by atoms with E-state index >= 15 is 0 Å². The average Bonchev–Trinajstić information content (AvgIpc) is 2.18. The van der Waals surface area contributed by atoms with Gasteiger partial charge >= 0.3 is 0 Å². The molecule has 1 aromatic rings. The van der Waals surface area contributed by atoms with Crippen molar-refractivity contribution in [2.45, 2.75) is 33.6 Å². The summed E-state index contributed by atoms with van der Waals surface area (Å²) in [6, 6.07) is 8.36. The van der Waals surface area contributed by atoms with Gasteiger partial charge in [0.25, 0.3) is 0 Å². The van der Waals surface area contributed by atoms with E-state index in [4.69, 9.17) is 0 Å². The third kappa shape index (κ3) is 2.69. The molecule has 1 atom stereocenters. The Labute approximate surface area is 86.1 Å². The number of carbonyl (C=O) groups is 1. The Hall–Kier alpha value is -1.11. The summed E-state index contributed by atoms with van der Waals surface area (Å²) in [5, 5.41) is 0. The molecule has 0 bridgehead atoms. The first-order valence-corrected chi connectivity index (χ1v) is 5.11. The van der Waals surface area contributed by atoms with Crippen LogP contribution in [0.1, 0.15) is 31.4 Å². The number of benzene rings is 1. The van der Waals surface area contributed by atoms with E-state index in [-0.39, 0.29) is 5.41 Å². The molecule has 0 saturated heterocycles. The Bertz CT molecular complexity index is 317. The first-order valence-electron chi connectivity index (χ1n) is 5.11. The zero-order valence-electron chi connectivity index (χ0n) is 9.21. The number of hydrogen-bond donors (Lipinski definition) is 0. The lowest BCUT2D eigenvalue weighted by Crippen LogP contribution is -2.20. The molecule has 1 unspecified atom stereocenters. The van der Waals surface area contributed by atoms with Crippen molar-refractivity contribution in [3.8, 4) is 0 Å². The van der Waals surface area contributed by atoms with Crippen LogP contribution in [0.4, 0.5) is 0 Å². The molecule has 0 amide bonds. The molecule has 0 spiro atoms. The highest BCUT2D eigenvalue weighted by atomic mass is 16.1. The first kappa shape index (κ1) is 11.0. The zero-order chi connectivity index (χ0) is 10.6. The van der Waals surface area contributed by atoms with Crippen LogP contribution in [0.25, 0.3) is 0 Å². The lowest BCUT2D eigenvalue weighted by atomic mass is 9.82. The monoisotopic (exact) mass is 190 g/mol. The minimum absolute atomic E-state index is 0.201. The summed E-state index contributed by atoms with van der Waals surface area (Å²) in [6.45, 7) is 6.15. The molecule has 0 aromatic heterocycles. The summed E-state index contributed by atoms with van der Waals surface area (Å²) in [7, 11) is 0. The Morgan fingerprint density at radius 1 is 1.43 bits per heavy atom. The molecule has 0 aliphatic carbocycles. The third-order valence-corrected chi connectivity index (χ3v) is 2.78. The van der Waals surface area contributed by atoms with Gasteiger partial charge in [-0.25, -0.2) is 0 Å². The summed E-state index contributed by atoms with van der Waals surface area (Å²) in [6.07, 6.45) is 2.81. The van der Waals surface area contributed by atoms with Crippen molar-refractivity contribution in [1.82, 2.24) is 0 Å². The second kappa shape index (κ2) is 4.41. The van der Waals surface area contributed by atoms with E-state index in [9.17, 15) is 4.79 Å². The van der Waals surface area contributed by atoms with Crippen LogP contribution in [-0.2, 0) is 11.2 Å². The van der Waals surface area contributed by atoms with Gasteiger partial charge in [0.15, 0.2) is 0 Å². The normalized spacial score (nSPS) is 14.8. The largest absolute Gasteiger partial charge is 0.303 e. The van der Waals surface area contributed by atoms with Gasteiger partial charge < -0.3 is 4.79 Å². The van der Waals surface area contributed by atoms with Crippen LogP contribution in [0.2, 0.25) is 0 Å². The van der Waals surface area contributed by atoms with Crippen molar-refractivity contribution in [1.29, 1.82) is 0 Å². The van der Waals surface area contributed by atoms with Gasteiger partial charge in [0.05, 0.1) is 0 Å². The second-order valence-corrected chi connectivity index (χ2v) is 4.29. The second-order valence-electron chi connectivity index (χ2n) is 4.29. The molecule has 76 valence electrons. The molecule has 0 radical (unpaired) electrons. The van der Waals surface area contributed by atoms with Gasteiger partial charge in [0.2, 0.25) is 0 Å². The van der Waals surface area contributed by atoms with Crippen molar-refractivity contribution >= 4 is 6.29 Å². The molecule has 0 aliphatic heterocycles. The van der Waals surface area contributed by atoms with Gasteiger partial charge in [-0.3, -0.25) is 0 Å². The third-order valence-electron chi connectivity index (χ3n) is 2.78. The van der Waals surface area contributed by atoms with Gasteiger partial charge in [-0.2, -0.15) is 0 Å². The average molecular weight is 190 g/mol. The molecule has 0 N–H and O–H groups in total. The quantitative estimate of drug-likeness (QED) is 0.666. The van der Waals surface area contributed by atoms with Crippen LogP contribution < -0.4 is 0 Å². The summed E-state index contributed by atoms with van der Waals surface area (Å²) in [5.74, 6) is 0. The van der Waals surface area contributed by atoms with Crippen molar-refractivity contribution in [3.63, 3.8) is 0 Å². The minimum Gasteiger partial charge on any atom is -0.303 e. The smallest absolute Gasteiger partial charge is 0.126 e. The highest BCUT2D eigenvalue weighted by Crippen LogP contribution is 2.24. The molecule has 1 rings (SSSR count). The maximum atomic E-state index is 10.9. The van der Waals surface area contributed by atoms with E-state index in [1.54, 1.807) is 0 Å². The van der Waals surface area contributed by atoms with Crippen LogP contribution in [0, 0.1) is 12.3 Å². The highest BCUT2D eigenvalue weighted by molar-refractivity contribution is 5.59. The summed E-state index contributed by atoms with van der Waals surface area (Å²) in [5.41, 5.74) is 2.31. The maximum Gasteiger partial charge on any atom is 0.126 e. The van der Waals surface area contributed by atoms with E-state index in [0.717, 1.165) is 19.1 Å². The van der Waals surface area contributed by atoms with Gasteiger partial charge in [-0.05, 0) is 25.3 Å². The fourth-order valence-electron chi connectivity index (χ4n) is 1.54. The first-order chi connectivity index (χ1) is 6.59. The molecule has 14 heavy (non-hydrogen) atoms. The van der Waals surface area contributed by atoms with Crippen LogP contribution in [0.3, 0.4) is 0 Å². The summed E-state index contributed by atoms with van der Waals surface area (Å²) < 4.78 is 0. The number of hydrogen-bond acceptors (Lipinski definition) is 1. The Morgan fingerprint density at radius 3 is 2.64 bits per heavy atom. The number of aldehydes is 1. The number of aryl methyl sites for hydroxylation is 1. The van der Waals surface area contributed by atoms with E-state index in [1.807, 2.05) is 13.0 Å². The molecule has 1 aromatic carbocycles. The van der Waals surface area contributed by atoms with E-state index in [1.165, 1.54) is 11.1 Å². The van der Waals surface area contributed by atoms with Crippen LogP contribution in [0.15, 0.2) is 24.3 Å². The van der Waals surface area contributed by atoms with Gasteiger partial charge in [-0.1, -0.05) is 43.7 Å². The van der Waals surface area contributed by atoms with Gasteiger partial charge in [0.1, 0.15) is 6.29 Å². The molecule has 1 nitrogen and oxygen atoms in total. The van der Waals surface area contributed by atoms with Gasteiger partial charge in [-0.15, -0.1) is 0 Å². The molecule has 1 heteroatoms. The molecular formula is C13H18O. The zero-order valence-corrected chi connectivity index (χ0v) is 9.21. The van der Waals surface area contributed by atoms with Crippen LogP contribution in [0.5, 0.6) is 0 Å². The van der Waals surface area contributed by atoms with E-state index in [2.05, 4.69) is 32.0 Å². The fourth-order valence-corrected chi connectivity index (χ4v) is 1.54. The summed E-state index contributed by atoms with van der Waals surface area (Å²) in [4.78, 5) is 10.9. The molecule has 0 fully saturated rings. The minimum atomic E-state index is -0.201. The maximum absolute atomic E-state index is 10.9. The van der Waals surface area contributed by atoms with Crippen molar-refractivity contribution in [2.75, 3.05) is 0 Å².